The van der Waals surface area contributed by atoms with Crippen LogP contribution in [0.3, 0.4) is 0 Å². The minimum Gasteiger partial charge on any atom is -0.439 e. The Morgan fingerprint density at radius 3 is 2.79 bits per heavy atom. The second kappa shape index (κ2) is 6.55. The van der Waals surface area contributed by atoms with Gasteiger partial charge in [0, 0.05) is 23.3 Å². The van der Waals surface area contributed by atoms with Crippen LogP contribution in [-0.4, -0.2) is 11.0 Å². The molecule has 0 aliphatic rings. The number of pyridine rings is 1. The van der Waals surface area contributed by atoms with E-state index in [4.69, 9.17) is 22.1 Å². The first-order chi connectivity index (χ1) is 9.17. The molecular weight excluding hydrogens is 260 g/mol. The molecule has 1 unspecified atom stereocenters. The number of hydrogen-bond donors (Lipinski definition) is 1. The summed E-state index contributed by atoms with van der Waals surface area (Å²) in [7, 11) is 0. The number of benzene rings is 1. The van der Waals surface area contributed by atoms with Gasteiger partial charge < -0.3 is 10.5 Å². The van der Waals surface area contributed by atoms with E-state index in [1.807, 2.05) is 24.3 Å². The molecule has 0 aliphatic carbocycles. The first-order valence-electron chi connectivity index (χ1n) is 6.31. The van der Waals surface area contributed by atoms with Crippen molar-refractivity contribution in [3.8, 4) is 11.6 Å². The summed E-state index contributed by atoms with van der Waals surface area (Å²) in [4.78, 5) is 4.27. The standard InChI is InChI=1S/C15H17ClN2O/c1-2-13(17)8-11-6-7-15(18-10-11)19-14-5-3-4-12(16)9-14/h3-7,9-10,13H,2,8,17H2,1H3. The molecule has 1 heterocycles. The molecule has 1 aromatic carbocycles. The van der Waals surface area contributed by atoms with Gasteiger partial charge in [0.15, 0.2) is 0 Å². The maximum atomic E-state index is 5.91. The molecule has 1 aromatic heterocycles. The van der Waals surface area contributed by atoms with Gasteiger partial charge in [-0.1, -0.05) is 30.7 Å². The zero-order chi connectivity index (χ0) is 13.7. The first-order valence-corrected chi connectivity index (χ1v) is 6.69. The Labute approximate surface area is 118 Å². The van der Waals surface area contributed by atoms with Crippen LogP contribution in [0.1, 0.15) is 18.9 Å². The second-order valence-electron chi connectivity index (χ2n) is 4.44. The van der Waals surface area contributed by atoms with Crippen molar-refractivity contribution in [1.82, 2.24) is 4.98 Å². The number of aromatic nitrogens is 1. The van der Waals surface area contributed by atoms with E-state index in [0.717, 1.165) is 18.4 Å². The molecule has 2 N–H and O–H groups in total. The minimum atomic E-state index is 0.182. The number of nitrogens with two attached hydrogens (primary N) is 1. The summed E-state index contributed by atoms with van der Waals surface area (Å²) in [6.45, 7) is 2.08. The van der Waals surface area contributed by atoms with Gasteiger partial charge in [-0.3, -0.25) is 0 Å². The Kier molecular flexibility index (Phi) is 4.77. The molecule has 0 spiro atoms. The zero-order valence-electron chi connectivity index (χ0n) is 10.8. The Hall–Kier alpha value is -1.58. The van der Waals surface area contributed by atoms with Crippen LogP contribution in [0.2, 0.25) is 5.02 Å². The van der Waals surface area contributed by atoms with Gasteiger partial charge in [0.25, 0.3) is 0 Å². The third-order valence-electron chi connectivity index (χ3n) is 2.84. The number of nitrogens with zero attached hydrogens (tertiary/aromatic N) is 1. The smallest absolute Gasteiger partial charge is 0.219 e. The van der Waals surface area contributed by atoms with Gasteiger partial charge in [0.2, 0.25) is 5.88 Å². The monoisotopic (exact) mass is 276 g/mol. The van der Waals surface area contributed by atoms with Gasteiger partial charge in [0.05, 0.1) is 0 Å². The van der Waals surface area contributed by atoms with Crippen LogP contribution in [0.4, 0.5) is 0 Å². The summed E-state index contributed by atoms with van der Waals surface area (Å²) >= 11 is 5.90. The number of ether oxygens (including phenoxy) is 1. The second-order valence-corrected chi connectivity index (χ2v) is 4.87. The van der Waals surface area contributed by atoms with E-state index < -0.39 is 0 Å². The number of rotatable bonds is 5. The largest absolute Gasteiger partial charge is 0.439 e. The van der Waals surface area contributed by atoms with E-state index in [0.29, 0.717) is 16.7 Å². The molecule has 0 saturated carbocycles. The summed E-state index contributed by atoms with van der Waals surface area (Å²) in [5.74, 6) is 1.23. The maximum absolute atomic E-state index is 5.91. The molecule has 0 amide bonds. The summed E-state index contributed by atoms with van der Waals surface area (Å²) in [6.07, 6.45) is 3.59. The summed E-state index contributed by atoms with van der Waals surface area (Å²) < 4.78 is 5.62. The van der Waals surface area contributed by atoms with Crippen molar-refractivity contribution >= 4 is 11.6 Å². The third kappa shape index (κ3) is 4.23. The van der Waals surface area contributed by atoms with E-state index in [1.54, 1.807) is 18.3 Å². The van der Waals surface area contributed by atoms with Crippen molar-refractivity contribution in [3.63, 3.8) is 0 Å². The van der Waals surface area contributed by atoms with Crippen LogP contribution in [0.5, 0.6) is 11.6 Å². The lowest BCUT2D eigenvalue weighted by Gasteiger charge is -2.09. The summed E-state index contributed by atoms with van der Waals surface area (Å²) in [5.41, 5.74) is 7.03. The number of halogens is 1. The Morgan fingerprint density at radius 1 is 1.32 bits per heavy atom. The van der Waals surface area contributed by atoms with Crippen molar-refractivity contribution in [1.29, 1.82) is 0 Å². The fourth-order valence-electron chi connectivity index (χ4n) is 1.69. The summed E-state index contributed by atoms with van der Waals surface area (Å²) in [5, 5.41) is 0.642. The van der Waals surface area contributed by atoms with Crippen molar-refractivity contribution in [2.24, 2.45) is 5.73 Å². The predicted molar refractivity (Wildman–Crippen MR) is 77.7 cm³/mol. The van der Waals surface area contributed by atoms with E-state index in [9.17, 15) is 0 Å². The highest BCUT2D eigenvalue weighted by Crippen LogP contribution is 2.22. The van der Waals surface area contributed by atoms with E-state index in [1.165, 1.54) is 0 Å². The molecule has 0 saturated heterocycles. The molecule has 2 aromatic rings. The third-order valence-corrected chi connectivity index (χ3v) is 3.07. The van der Waals surface area contributed by atoms with Crippen LogP contribution >= 0.6 is 11.6 Å². The SMILES string of the molecule is CCC(N)Cc1ccc(Oc2cccc(Cl)c2)nc1. The zero-order valence-corrected chi connectivity index (χ0v) is 11.6. The lowest BCUT2D eigenvalue weighted by atomic mass is 10.1. The van der Waals surface area contributed by atoms with Crippen LogP contribution in [-0.2, 0) is 6.42 Å². The average molecular weight is 277 g/mol. The van der Waals surface area contributed by atoms with Crippen LogP contribution < -0.4 is 10.5 Å². The molecule has 4 heteroatoms. The topological polar surface area (TPSA) is 48.1 Å². The Bertz CT molecular complexity index is 528. The van der Waals surface area contributed by atoms with Gasteiger partial charge in [-0.15, -0.1) is 0 Å². The van der Waals surface area contributed by atoms with Gasteiger partial charge in [-0.05, 0) is 36.6 Å². The minimum absolute atomic E-state index is 0.182. The first kappa shape index (κ1) is 13.8. The molecule has 1 atom stereocenters. The van der Waals surface area contributed by atoms with Gasteiger partial charge in [-0.2, -0.15) is 0 Å². The van der Waals surface area contributed by atoms with Crippen molar-refractivity contribution in [2.45, 2.75) is 25.8 Å². The molecule has 100 valence electrons. The Morgan fingerprint density at radius 2 is 2.16 bits per heavy atom. The molecule has 0 radical (unpaired) electrons. The summed E-state index contributed by atoms with van der Waals surface area (Å²) in [6, 6.07) is 11.3. The Balaban J connectivity index is 2.02. The van der Waals surface area contributed by atoms with Gasteiger partial charge >= 0.3 is 0 Å². The lowest BCUT2D eigenvalue weighted by molar-refractivity contribution is 0.462. The van der Waals surface area contributed by atoms with Gasteiger partial charge in [0.1, 0.15) is 5.75 Å². The van der Waals surface area contributed by atoms with Gasteiger partial charge in [-0.25, -0.2) is 4.98 Å². The van der Waals surface area contributed by atoms with Crippen molar-refractivity contribution < 1.29 is 4.74 Å². The highest BCUT2D eigenvalue weighted by atomic mass is 35.5. The molecule has 0 bridgehead atoms. The van der Waals surface area contributed by atoms with E-state index in [2.05, 4.69) is 11.9 Å². The molecule has 0 fully saturated rings. The van der Waals surface area contributed by atoms with E-state index >= 15 is 0 Å². The van der Waals surface area contributed by atoms with Crippen LogP contribution in [0.15, 0.2) is 42.6 Å². The molecule has 2 rings (SSSR count). The highest BCUT2D eigenvalue weighted by molar-refractivity contribution is 6.30. The fraction of sp³-hybridized carbons (Fsp3) is 0.267. The van der Waals surface area contributed by atoms with Crippen LogP contribution in [0, 0.1) is 0 Å². The molecule has 0 aliphatic heterocycles. The lowest BCUT2D eigenvalue weighted by Crippen LogP contribution is -2.21. The highest BCUT2D eigenvalue weighted by Gasteiger charge is 2.03. The molecule has 19 heavy (non-hydrogen) atoms. The normalized spacial score (nSPS) is 12.2. The van der Waals surface area contributed by atoms with Crippen LogP contribution in [0.25, 0.3) is 0 Å². The average Bonchev–Trinajstić information content (AvgIpc) is 2.41. The molecular formula is C15H17ClN2O. The number of hydrogen-bond acceptors (Lipinski definition) is 3. The van der Waals surface area contributed by atoms with E-state index in [-0.39, 0.29) is 6.04 Å². The maximum Gasteiger partial charge on any atom is 0.219 e. The van der Waals surface area contributed by atoms with Crippen molar-refractivity contribution in [3.05, 3.63) is 53.2 Å². The molecule has 3 nitrogen and oxygen atoms in total. The predicted octanol–water partition coefficient (Wildman–Crippen LogP) is 3.81. The van der Waals surface area contributed by atoms with Crippen molar-refractivity contribution in [2.75, 3.05) is 0 Å². The fourth-order valence-corrected chi connectivity index (χ4v) is 1.87. The quantitative estimate of drug-likeness (QED) is 0.903.